The molecule has 0 radical (unpaired) electrons. The van der Waals surface area contributed by atoms with Gasteiger partial charge in [0.05, 0.1) is 0 Å². The highest BCUT2D eigenvalue weighted by molar-refractivity contribution is 6.63. The van der Waals surface area contributed by atoms with Gasteiger partial charge in [-0.05, 0) is 35.6 Å². The molecule has 2 bridgehead atoms. The van der Waals surface area contributed by atoms with E-state index in [9.17, 15) is 17.3 Å². The highest BCUT2D eigenvalue weighted by atomic mass is 19.4. The summed E-state index contributed by atoms with van der Waals surface area (Å²) >= 11 is 0. The number of rotatable bonds is 2. The van der Waals surface area contributed by atoms with Gasteiger partial charge >= 0.3 is 6.98 Å². The van der Waals surface area contributed by atoms with Crippen LogP contribution in [0.25, 0.3) is 0 Å². The molecule has 1 aromatic rings. The minimum absolute atomic E-state index is 0.159. The van der Waals surface area contributed by atoms with Crippen molar-refractivity contribution in [3.63, 3.8) is 0 Å². The van der Waals surface area contributed by atoms with Crippen LogP contribution < -0.4 is 0 Å². The number of hydrogen-bond donors (Lipinski definition) is 0. The lowest BCUT2D eigenvalue weighted by Gasteiger charge is -2.75. The topological polar surface area (TPSA) is 0 Å². The van der Waals surface area contributed by atoms with Crippen molar-refractivity contribution in [2.75, 3.05) is 0 Å². The zero-order chi connectivity index (χ0) is 12.5. The molecule has 3 fully saturated rings. The van der Waals surface area contributed by atoms with Crippen LogP contribution in [0.1, 0.15) is 30.4 Å². The molecule has 0 amide bonds. The Balaban J connectivity index is 1.87. The summed E-state index contributed by atoms with van der Waals surface area (Å²) in [6.07, 6.45) is 0.477. The van der Waals surface area contributed by atoms with Gasteiger partial charge in [-0.3, -0.25) is 0 Å². The molecule has 0 saturated heterocycles. The van der Waals surface area contributed by atoms with Crippen molar-refractivity contribution in [3.8, 4) is 0 Å². The molecule has 0 N–H and O–H groups in total. The van der Waals surface area contributed by atoms with Crippen molar-refractivity contribution in [2.24, 2.45) is 0 Å². The van der Waals surface area contributed by atoms with E-state index in [4.69, 9.17) is 0 Å². The van der Waals surface area contributed by atoms with Gasteiger partial charge in [-0.25, -0.2) is 4.39 Å². The number of benzene rings is 1. The second-order valence-electron chi connectivity index (χ2n) is 5.77. The summed E-state index contributed by atoms with van der Waals surface area (Å²) in [5.41, 5.74) is 1.14. The van der Waals surface area contributed by atoms with Crippen LogP contribution in [-0.4, -0.2) is 6.98 Å². The van der Waals surface area contributed by atoms with Crippen LogP contribution in [0, 0.1) is 12.7 Å². The van der Waals surface area contributed by atoms with E-state index in [1.807, 2.05) is 6.07 Å². The zero-order valence-corrected chi connectivity index (χ0v) is 9.44. The molecule has 0 nitrogen and oxygen atoms in total. The fraction of sp³-hybridized carbons (Fsp3) is 0.500. The predicted molar refractivity (Wildman–Crippen MR) is 58.4 cm³/mol. The largest absolute Gasteiger partial charge is 0.484 e. The monoisotopic (exact) mass is 243 g/mol. The van der Waals surface area contributed by atoms with Gasteiger partial charge in [0.1, 0.15) is 5.82 Å². The van der Waals surface area contributed by atoms with Gasteiger partial charge in [-0.15, -0.1) is 0 Å². The number of hydrogen-bond acceptors (Lipinski definition) is 0. The Morgan fingerprint density at radius 2 is 1.65 bits per heavy atom. The zero-order valence-electron chi connectivity index (χ0n) is 9.44. The van der Waals surface area contributed by atoms with E-state index < -0.39 is 12.3 Å². The van der Waals surface area contributed by atoms with E-state index in [1.54, 1.807) is 6.92 Å². The Kier molecular flexibility index (Phi) is 1.88. The van der Waals surface area contributed by atoms with Crippen LogP contribution in [0.4, 0.5) is 17.3 Å². The average molecular weight is 243 g/mol. The average Bonchev–Trinajstić information content (AvgIpc) is 1.91. The highest BCUT2D eigenvalue weighted by Crippen LogP contribution is 2.82. The van der Waals surface area contributed by atoms with Crippen molar-refractivity contribution >= 4 is 6.98 Å². The third kappa shape index (κ3) is 1.31. The van der Waals surface area contributed by atoms with Crippen molar-refractivity contribution in [3.05, 3.63) is 35.1 Å². The Bertz CT molecular complexity index is 452. The number of aryl methyl sites for hydroxylation is 1. The third-order valence-electron chi connectivity index (χ3n) is 4.42. The van der Waals surface area contributed by atoms with E-state index in [-0.39, 0.29) is 30.5 Å². The van der Waals surface area contributed by atoms with Crippen LogP contribution in [0.2, 0.25) is 5.31 Å². The molecule has 5 heteroatoms. The van der Waals surface area contributed by atoms with Gasteiger partial charge in [0.2, 0.25) is 0 Å². The molecule has 0 atom stereocenters. The summed E-state index contributed by atoms with van der Waals surface area (Å²) in [4.78, 5) is 0. The Morgan fingerprint density at radius 1 is 1.06 bits per heavy atom. The summed E-state index contributed by atoms with van der Waals surface area (Å²) < 4.78 is 51.5. The second-order valence-corrected chi connectivity index (χ2v) is 5.77. The van der Waals surface area contributed by atoms with Gasteiger partial charge in [-0.1, -0.05) is 30.6 Å². The predicted octanol–water partition coefficient (Wildman–Crippen LogP) is 4.16. The van der Waals surface area contributed by atoms with Crippen LogP contribution >= 0.6 is 0 Å². The SMILES string of the molecule is Cc1cc(F)cc(C23CC([B-](F)(F)F)(C2)C3)c1. The fourth-order valence-electron chi connectivity index (χ4n) is 3.56. The van der Waals surface area contributed by atoms with Crippen molar-refractivity contribution in [2.45, 2.75) is 36.9 Å². The summed E-state index contributed by atoms with van der Waals surface area (Å²) in [6.45, 7) is -2.98. The van der Waals surface area contributed by atoms with Crippen molar-refractivity contribution in [1.29, 1.82) is 0 Å². The van der Waals surface area contributed by atoms with Gasteiger partial charge in [-0.2, -0.15) is 0 Å². The molecule has 1 aromatic carbocycles. The molecule has 3 aliphatic carbocycles. The van der Waals surface area contributed by atoms with E-state index >= 15 is 0 Å². The van der Waals surface area contributed by atoms with Gasteiger partial charge in [0.25, 0.3) is 0 Å². The first-order chi connectivity index (χ1) is 7.76. The normalized spacial score (nSPS) is 35.1. The van der Waals surface area contributed by atoms with Crippen LogP contribution in [0.15, 0.2) is 18.2 Å². The quantitative estimate of drug-likeness (QED) is 0.540. The molecular weight excluding hydrogens is 231 g/mol. The lowest BCUT2D eigenvalue weighted by molar-refractivity contribution is -0.0402. The lowest BCUT2D eigenvalue weighted by Crippen LogP contribution is -2.67. The fourth-order valence-corrected chi connectivity index (χ4v) is 3.56. The van der Waals surface area contributed by atoms with Crippen LogP contribution in [0.5, 0.6) is 0 Å². The molecule has 3 saturated carbocycles. The maximum absolute atomic E-state index is 13.2. The summed E-state index contributed by atoms with van der Waals surface area (Å²) in [7, 11) is 0. The molecule has 0 spiro atoms. The lowest BCUT2D eigenvalue weighted by atomic mass is 9.23. The van der Waals surface area contributed by atoms with E-state index in [0.717, 1.165) is 11.1 Å². The first-order valence-corrected chi connectivity index (χ1v) is 5.74. The maximum Gasteiger partial charge on any atom is 0.484 e. The molecule has 4 rings (SSSR count). The van der Waals surface area contributed by atoms with Gasteiger partial charge in [0.15, 0.2) is 0 Å². The van der Waals surface area contributed by atoms with Crippen molar-refractivity contribution in [1.82, 2.24) is 0 Å². The first-order valence-electron chi connectivity index (χ1n) is 5.74. The standard InChI is InChI=1S/C12H12BF4/c1-8-2-9(4-10(14)3-8)11-5-12(6-11,7-11)13(15,16)17/h2-4H,5-7H2,1H3/q-1. The molecule has 0 unspecified atom stereocenters. The summed E-state index contributed by atoms with van der Waals surface area (Å²) in [6, 6.07) is 4.60. The maximum atomic E-state index is 13.2. The minimum atomic E-state index is -4.74. The van der Waals surface area contributed by atoms with E-state index in [1.165, 1.54) is 12.1 Å². The van der Waals surface area contributed by atoms with Gasteiger partial charge in [0, 0.05) is 0 Å². The molecular formula is C12H12BF4-. The number of halogens is 4. The smallest absolute Gasteiger partial charge is 0.449 e. The first kappa shape index (κ1) is 11.1. The summed E-state index contributed by atoms with van der Waals surface area (Å²) in [5.74, 6) is -0.351. The Hall–Kier alpha value is -0.995. The van der Waals surface area contributed by atoms with E-state index in [2.05, 4.69) is 0 Å². The molecule has 0 heterocycles. The van der Waals surface area contributed by atoms with Crippen molar-refractivity contribution < 1.29 is 17.3 Å². The third-order valence-corrected chi connectivity index (χ3v) is 4.42. The summed E-state index contributed by atoms with van der Waals surface area (Å²) in [5, 5.41) is -1.40. The highest BCUT2D eigenvalue weighted by Gasteiger charge is 2.74. The van der Waals surface area contributed by atoms with Gasteiger partial charge < -0.3 is 12.9 Å². The second kappa shape index (κ2) is 2.87. The van der Waals surface area contributed by atoms with Crippen LogP contribution in [0.3, 0.4) is 0 Å². The Morgan fingerprint density at radius 3 is 2.12 bits per heavy atom. The minimum Gasteiger partial charge on any atom is -0.449 e. The molecule has 17 heavy (non-hydrogen) atoms. The van der Waals surface area contributed by atoms with E-state index in [0.29, 0.717) is 0 Å². The van der Waals surface area contributed by atoms with Crippen LogP contribution in [-0.2, 0) is 5.41 Å². The molecule has 0 aromatic heterocycles. The molecule has 0 aliphatic heterocycles. The Labute approximate surface area is 97.1 Å². The molecule has 92 valence electrons. The molecule has 3 aliphatic rings.